The Hall–Kier alpha value is -3.38. The van der Waals surface area contributed by atoms with Gasteiger partial charge in [-0.1, -0.05) is 55.5 Å². The van der Waals surface area contributed by atoms with E-state index in [9.17, 15) is 8.78 Å². The lowest BCUT2D eigenvalue weighted by Gasteiger charge is -2.15. The third-order valence-electron chi connectivity index (χ3n) is 5.78. The average molecular weight is 456 g/mol. The fourth-order valence-electron chi connectivity index (χ4n) is 3.94. The van der Waals surface area contributed by atoms with Crippen molar-refractivity contribution < 1.29 is 8.78 Å². The number of halogens is 2. The van der Waals surface area contributed by atoms with Crippen LogP contribution < -0.4 is 0 Å². The van der Waals surface area contributed by atoms with Gasteiger partial charge in [-0.25, -0.2) is 8.78 Å². The number of thiocarbonyl (C=S) groups is 1. The zero-order valence-electron chi connectivity index (χ0n) is 18.4. The lowest BCUT2D eigenvalue weighted by atomic mass is 9.89. The summed E-state index contributed by atoms with van der Waals surface area (Å²) in [5, 5.41) is 2.01. The number of rotatable bonds is 5. The molecule has 3 aromatic rings. The molecule has 0 radical (unpaired) electrons. The molecule has 0 heterocycles. The molecule has 4 heteroatoms. The molecule has 0 saturated carbocycles. The lowest BCUT2D eigenvalue weighted by Crippen LogP contribution is -1.99. The predicted molar refractivity (Wildman–Crippen MR) is 135 cm³/mol. The van der Waals surface area contributed by atoms with E-state index in [-0.39, 0.29) is 0 Å². The number of benzene rings is 3. The summed E-state index contributed by atoms with van der Waals surface area (Å²) in [4.78, 5) is 3.47. The topological polar surface area (TPSA) is 12.4 Å². The Labute approximate surface area is 198 Å². The monoisotopic (exact) mass is 455 g/mol. The zero-order valence-corrected chi connectivity index (χ0v) is 19.2. The molecule has 4 rings (SSSR count). The van der Waals surface area contributed by atoms with Gasteiger partial charge < -0.3 is 0 Å². The molecule has 0 unspecified atom stereocenters. The molecule has 33 heavy (non-hydrogen) atoms. The summed E-state index contributed by atoms with van der Waals surface area (Å²) in [6.07, 6.45) is 7.28. The van der Waals surface area contributed by atoms with Crippen molar-refractivity contribution in [1.29, 1.82) is 0 Å². The van der Waals surface area contributed by atoms with E-state index < -0.39 is 17.3 Å². The van der Waals surface area contributed by atoms with Gasteiger partial charge in [0.05, 0.1) is 5.16 Å². The molecule has 1 aliphatic rings. The van der Waals surface area contributed by atoms with Crippen molar-refractivity contribution in [2.45, 2.75) is 39.0 Å². The van der Waals surface area contributed by atoms with Crippen LogP contribution in [-0.4, -0.2) is 5.16 Å². The SMILES string of the molecule is CCCCc1ccc(C#CC2=Cc3ccc(-c4cc(F)c(N=C=S)c(F)c4)cc3CC2)cc1. The largest absolute Gasteiger partial charge is 0.204 e. The Kier molecular flexibility index (Phi) is 7.25. The Bertz CT molecular complexity index is 1300. The molecule has 3 aromatic carbocycles. The van der Waals surface area contributed by atoms with Gasteiger partial charge in [0.2, 0.25) is 0 Å². The number of aryl methyl sites for hydroxylation is 2. The second-order valence-corrected chi connectivity index (χ2v) is 8.31. The van der Waals surface area contributed by atoms with Crippen molar-refractivity contribution >= 4 is 29.1 Å². The molecular formula is C29H23F2NS. The van der Waals surface area contributed by atoms with Gasteiger partial charge in [-0.15, -0.1) is 0 Å². The molecular weight excluding hydrogens is 432 g/mol. The minimum absolute atomic E-state index is 0.409. The molecule has 0 aromatic heterocycles. The molecule has 0 aliphatic heterocycles. The van der Waals surface area contributed by atoms with Crippen molar-refractivity contribution in [3.8, 4) is 23.0 Å². The summed E-state index contributed by atoms with van der Waals surface area (Å²) in [7, 11) is 0. The summed E-state index contributed by atoms with van der Waals surface area (Å²) in [6.45, 7) is 2.20. The molecule has 0 amide bonds. The molecule has 0 atom stereocenters. The first-order valence-electron chi connectivity index (χ1n) is 11.1. The van der Waals surface area contributed by atoms with Gasteiger partial charge in [0.25, 0.3) is 0 Å². The fraction of sp³-hybridized carbons (Fsp3) is 0.207. The van der Waals surface area contributed by atoms with E-state index in [1.165, 1.54) is 30.5 Å². The molecule has 1 aliphatic carbocycles. The highest BCUT2D eigenvalue weighted by Crippen LogP contribution is 2.32. The van der Waals surface area contributed by atoms with Gasteiger partial charge in [0, 0.05) is 11.1 Å². The van der Waals surface area contributed by atoms with Gasteiger partial charge in [-0.3, -0.25) is 0 Å². The van der Waals surface area contributed by atoms with Crippen LogP contribution in [0.3, 0.4) is 0 Å². The standard InChI is InChI=1S/C29H23F2NS/c1-2-3-4-20-5-7-21(8-6-20)9-10-22-11-12-24-16-25(14-13-23(24)15-22)26-17-27(30)29(32-19-33)28(31)18-26/h5-8,13-18H,2-4,11-12H2,1H3. The van der Waals surface area contributed by atoms with Crippen LogP contribution in [0.4, 0.5) is 14.5 Å². The van der Waals surface area contributed by atoms with Crippen LogP contribution in [-0.2, 0) is 12.8 Å². The van der Waals surface area contributed by atoms with Crippen LogP contribution >= 0.6 is 12.2 Å². The van der Waals surface area contributed by atoms with Gasteiger partial charge in [-0.2, -0.15) is 4.99 Å². The number of hydrogen-bond donors (Lipinski definition) is 0. The maximum absolute atomic E-state index is 14.2. The van der Waals surface area contributed by atoms with E-state index in [2.05, 4.69) is 66.3 Å². The van der Waals surface area contributed by atoms with Crippen LogP contribution in [0.25, 0.3) is 17.2 Å². The van der Waals surface area contributed by atoms with Crippen molar-refractivity contribution in [3.63, 3.8) is 0 Å². The lowest BCUT2D eigenvalue weighted by molar-refractivity contribution is 0.588. The van der Waals surface area contributed by atoms with Crippen molar-refractivity contribution in [2.24, 2.45) is 4.99 Å². The highest BCUT2D eigenvalue weighted by Gasteiger charge is 2.14. The van der Waals surface area contributed by atoms with Crippen LogP contribution in [0.1, 0.15) is 48.4 Å². The fourth-order valence-corrected chi connectivity index (χ4v) is 4.03. The highest BCUT2D eigenvalue weighted by atomic mass is 32.1. The molecule has 1 nitrogen and oxygen atoms in total. The van der Waals surface area contributed by atoms with Gasteiger partial charge in [0.15, 0.2) is 11.6 Å². The third-order valence-corrected chi connectivity index (χ3v) is 5.88. The first kappa shape index (κ1) is 22.8. The third kappa shape index (κ3) is 5.52. The van der Waals surface area contributed by atoms with E-state index in [1.807, 2.05) is 23.4 Å². The zero-order chi connectivity index (χ0) is 23.2. The second kappa shape index (κ2) is 10.5. The van der Waals surface area contributed by atoms with Crippen LogP contribution in [0.5, 0.6) is 0 Å². The van der Waals surface area contributed by atoms with E-state index in [0.717, 1.165) is 47.1 Å². The van der Waals surface area contributed by atoms with E-state index in [1.54, 1.807) is 0 Å². The number of aliphatic imine (C=N–C) groups is 1. The Morgan fingerprint density at radius 2 is 1.67 bits per heavy atom. The Morgan fingerprint density at radius 3 is 2.36 bits per heavy atom. The minimum Gasteiger partial charge on any atom is -0.204 e. The summed E-state index contributed by atoms with van der Waals surface area (Å²) >= 11 is 4.46. The quantitative estimate of drug-likeness (QED) is 0.215. The van der Waals surface area contributed by atoms with Gasteiger partial charge in [-0.05, 0) is 96.1 Å². The molecule has 0 spiro atoms. The molecule has 0 fully saturated rings. The second-order valence-electron chi connectivity index (χ2n) is 8.13. The summed E-state index contributed by atoms with van der Waals surface area (Å²) in [5.41, 5.74) is 6.50. The molecule has 0 bridgehead atoms. The number of unbranched alkanes of at least 4 members (excludes halogenated alkanes) is 1. The van der Waals surface area contributed by atoms with Crippen LogP contribution in [0.2, 0.25) is 0 Å². The van der Waals surface area contributed by atoms with E-state index in [0.29, 0.717) is 5.56 Å². The number of allylic oxidation sites excluding steroid dienone is 1. The molecule has 0 saturated heterocycles. The maximum Gasteiger partial charge on any atom is 0.153 e. The average Bonchev–Trinajstić information content (AvgIpc) is 2.83. The first-order chi connectivity index (χ1) is 16.1. The van der Waals surface area contributed by atoms with Crippen LogP contribution in [0, 0.1) is 23.5 Å². The van der Waals surface area contributed by atoms with E-state index in [4.69, 9.17) is 0 Å². The van der Waals surface area contributed by atoms with Gasteiger partial charge in [0.1, 0.15) is 5.69 Å². The predicted octanol–water partition coefficient (Wildman–Crippen LogP) is 8.09. The summed E-state index contributed by atoms with van der Waals surface area (Å²) in [5.74, 6) is 5.07. The first-order valence-corrected chi connectivity index (χ1v) is 11.5. The van der Waals surface area contributed by atoms with Crippen LogP contribution in [0.15, 0.2) is 65.2 Å². The Balaban J connectivity index is 1.54. The molecule has 0 N–H and O–H groups in total. The smallest absolute Gasteiger partial charge is 0.153 e. The minimum atomic E-state index is -0.754. The molecule has 164 valence electrons. The van der Waals surface area contributed by atoms with Crippen molar-refractivity contribution in [2.75, 3.05) is 0 Å². The number of hydrogen-bond acceptors (Lipinski definition) is 2. The number of nitrogens with zero attached hydrogens (tertiary/aromatic N) is 1. The summed E-state index contributed by atoms with van der Waals surface area (Å²) < 4.78 is 28.5. The summed E-state index contributed by atoms with van der Waals surface area (Å²) in [6, 6.07) is 16.9. The Morgan fingerprint density at radius 1 is 0.909 bits per heavy atom. The maximum atomic E-state index is 14.2. The normalized spacial score (nSPS) is 12.2. The van der Waals surface area contributed by atoms with E-state index >= 15 is 0 Å². The van der Waals surface area contributed by atoms with Crippen molar-refractivity contribution in [1.82, 2.24) is 0 Å². The van der Waals surface area contributed by atoms with Gasteiger partial charge >= 0.3 is 0 Å². The highest BCUT2D eigenvalue weighted by molar-refractivity contribution is 7.78. The number of fused-ring (bicyclic) bond motifs is 1. The number of isothiocyanates is 1. The van der Waals surface area contributed by atoms with Crippen molar-refractivity contribution in [3.05, 3.63) is 94.1 Å².